The molecule has 0 aliphatic heterocycles. The van der Waals surface area contributed by atoms with Gasteiger partial charge in [-0.2, -0.15) is 0 Å². The van der Waals surface area contributed by atoms with Crippen molar-refractivity contribution in [3.05, 3.63) is 0 Å². The minimum atomic E-state index is -4.22. The SMILES string of the molecule is CCCCCCCCC(O)CCC(CCC)S(=O)(=O)[O-].[K+]. The fourth-order valence-corrected chi connectivity index (χ4v) is 3.39. The number of hydrogen-bond donors (Lipinski definition) is 1. The van der Waals surface area contributed by atoms with E-state index in [0.29, 0.717) is 25.7 Å². The first kappa shape index (κ1) is 24.8. The topological polar surface area (TPSA) is 77.4 Å². The standard InChI is InChI=1S/C15H32O4S.K/c1-3-5-6-7-8-9-11-14(16)12-13-15(10-4-2)20(17,18)19;/h14-16H,3-13H2,1-2H3,(H,17,18,19);/q;+1/p-1. The molecule has 1 N–H and O–H groups in total. The molecule has 0 amide bonds. The molecule has 0 aromatic carbocycles. The Balaban J connectivity index is 0. The van der Waals surface area contributed by atoms with Crippen LogP contribution in [0.4, 0.5) is 0 Å². The van der Waals surface area contributed by atoms with Crippen molar-refractivity contribution < 1.29 is 69.5 Å². The zero-order valence-corrected chi connectivity index (χ0v) is 18.0. The molecular weight excluding hydrogens is 315 g/mol. The molecule has 2 atom stereocenters. The Morgan fingerprint density at radius 3 is 1.95 bits per heavy atom. The van der Waals surface area contributed by atoms with E-state index in [1.54, 1.807) is 0 Å². The summed E-state index contributed by atoms with van der Waals surface area (Å²) in [5.74, 6) is 0. The summed E-state index contributed by atoms with van der Waals surface area (Å²) in [7, 11) is -4.22. The summed E-state index contributed by atoms with van der Waals surface area (Å²) in [4.78, 5) is 0. The second-order valence-corrected chi connectivity index (χ2v) is 7.34. The van der Waals surface area contributed by atoms with Crippen molar-refractivity contribution >= 4 is 10.1 Å². The maximum atomic E-state index is 11.1. The summed E-state index contributed by atoms with van der Waals surface area (Å²) in [5, 5.41) is 9.01. The maximum Gasteiger partial charge on any atom is 1.00 e. The minimum Gasteiger partial charge on any atom is -0.748 e. The number of hydrogen-bond acceptors (Lipinski definition) is 4. The zero-order chi connectivity index (χ0) is 15.4. The fraction of sp³-hybridized carbons (Fsp3) is 1.00. The van der Waals surface area contributed by atoms with Gasteiger partial charge in [-0.15, -0.1) is 0 Å². The number of unbranched alkanes of at least 4 members (excludes halogenated alkanes) is 5. The van der Waals surface area contributed by atoms with Crippen LogP contribution in [0.5, 0.6) is 0 Å². The molecule has 0 bridgehead atoms. The Labute approximate surface area is 173 Å². The van der Waals surface area contributed by atoms with Crippen molar-refractivity contribution in [1.82, 2.24) is 0 Å². The van der Waals surface area contributed by atoms with Gasteiger partial charge < -0.3 is 9.66 Å². The van der Waals surface area contributed by atoms with Crippen LogP contribution in [0.1, 0.15) is 84.5 Å². The monoisotopic (exact) mass is 346 g/mol. The smallest absolute Gasteiger partial charge is 0.748 e. The van der Waals surface area contributed by atoms with Crippen LogP contribution in [0.3, 0.4) is 0 Å². The Morgan fingerprint density at radius 1 is 0.857 bits per heavy atom. The van der Waals surface area contributed by atoms with Crippen LogP contribution in [-0.4, -0.2) is 29.4 Å². The van der Waals surface area contributed by atoms with Gasteiger partial charge >= 0.3 is 51.4 Å². The molecule has 0 fully saturated rings. The molecule has 0 spiro atoms. The van der Waals surface area contributed by atoms with E-state index in [-0.39, 0.29) is 57.8 Å². The second-order valence-electron chi connectivity index (χ2n) is 5.69. The summed E-state index contributed by atoms with van der Waals surface area (Å²) in [6.07, 6.45) is 9.07. The van der Waals surface area contributed by atoms with E-state index in [9.17, 15) is 18.1 Å². The largest absolute Gasteiger partial charge is 1.00 e. The molecule has 21 heavy (non-hydrogen) atoms. The van der Waals surface area contributed by atoms with Crippen LogP contribution >= 0.6 is 0 Å². The van der Waals surface area contributed by atoms with Crippen LogP contribution < -0.4 is 51.4 Å². The first-order valence-corrected chi connectivity index (χ1v) is 9.51. The molecule has 0 saturated heterocycles. The zero-order valence-electron chi connectivity index (χ0n) is 14.0. The summed E-state index contributed by atoms with van der Waals surface area (Å²) >= 11 is 0. The molecule has 0 aliphatic carbocycles. The number of aliphatic hydroxyl groups excluding tert-OH is 1. The van der Waals surface area contributed by atoms with E-state index in [2.05, 4.69) is 6.92 Å². The third-order valence-electron chi connectivity index (χ3n) is 3.73. The molecule has 0 aromatic heterocycles. The van der Waals surface area contributed by atoms with Crippen molar-refractivity contribution in [1.29, 1.82) is 0 Å². The fourth-order valence-electron chi connectivity index (χ4n) is 2.44. The molecule has 6 heteroatoms. The van der Waals surface area contributed by atoms with E-state index < -0.39 is 21.5 Å². The van der Waals surface area contributed by atoms with Crippen LogP contribution in [0.2, 0.25) is 0 Å². The van der Waals surface area contributed by atoms with E-state index in [1.165, 1.54) is 25.7 Å². The van der Waals surface area contributed by atoms with E-state index in [1.807, 2.05) is 6.92 Å². The van der Waals surface area contributed by atoms with Gasteiger partial charge in [0.15, 0.2) is 0 Å². The number of rotatable bonds is 13. The molecular formula is C15H31KO4S. The van der Waals surface area contributed by atoms with Crippen LogP contribution in [0.25, 0.3) is 0 Å². The van der Waals surface area contributed by atoms with Crippen molar-refractivity contribution in [2.75, 3.05) is 0 Å². The Hall–Kier alpha value is 1.51. The van der Waals surface area contributed by atoms with E-state index in [0.717, 1.165) is 12.8 Å². The molecule has 4 nitrogen and oxygen atoms in total. The summed E-state index contributed by atoms with van der Waals surface area (Å²) in [5.41, 5.74) is 0. The maximum absolute atomic E-state index is 11.1. The predicted molar refractivity (Wildman–Crippen MR) is 81.6 cm³/mol. The van der Waals surface area contributed by atoms with Crippen LogP contribution in [0, 0.1) is 0 Å². The molecule has 0 saturated carbocycles. The molecule has 0 aliphatic rings. The average molecular weight is 347 g/mol. The first-order valence-electron chi connectivity index (χ1n) is 8.04. The van der Waals surface area contributed by atoms with Gasteiger partial charge in [-0.1, -0.05) is 58.8 Å². The third-order valence-corrected chi connectivity index (χ3v) is 5.02. The van der Waals surface area contributed by atoms with Gasteiger partial charge in [-0.3, -0.25) is 0 Å². The number of aliphatic hydroxyl groups is 1. The summed E-state index contributed by atoms with van der Waals surface area (Å²) in [6.45, 7) is 4.05. The van der Waals surface area contributed by atoms with Gasteiger partial charge in [0.25, 0.3) is 0 Å². The normalized spacial score (nSPS) is 14.5. The van der Waals surface area contributed by atoms with Gasteiger partial charge in [0.2, 0.25) is 0 Å². The molecule has 0 rings (SSSR count). The van der Waals surface area contributed by atoms with Crippen molar-refractivity contribution in [3.8, 4) is 0 Å². The molecule has 0 heterocycles. The molecule has 0 aromatic rings. The van der Waals surface area contributed by atoms with Crippen LogP contribution in [0.15, 0.2) is 0 Å². The van der Waals surface area contributed by atoms with E-state index in [4.69, 9.17) is 0 Å². The van der Waals surface area contributed by atoms with Crippen molar-refractivity contribution in [2.24, 2.45) is 0 Å². The quantitative estimate of drug-likeness (QED) is 0.301. The predicted octanol–water partition coefficient (Wildman–Crippen LogP) is 0.596. The average Bonchev–Trinajstić information content (AvgIpc) is 2.37. The van der Waals surface area contributed by atoms with Crippen LogP contribution in [-0.2, 0) is 10.1 Å². The van der Waals surface area contributed by atoms with Gasteiger partial charge in [-0.25, -0.2) is 8.42 Å². The van der Waals surface area contributed by atoms with Gasteiger partial charge in [0, 0.05) is 5.25 Å². The van der Waals surface area contributed by atoms with Gasteiger partial charge in [0.1, 0.15) is 0 Å². The Kier molecular flexibility index (Phi) is 17.8. The van der Waals surface area contributed by atoms with Gasteiger partial charge in [0.05, 0.1) is 16.2 Å². The Morgan fingerprint density at radius 2 is 1.43 bits per heavy atom. The molecule has 0 radical (unpaired) electrons. The van der Waals surface area contributed by atoms with E-state index >= 15 is 0 Å². The minimum absolute atomic E-state index is 0. The third kappa shape index (κ3) is 14.8. The van der Waals surface area contributed by atoms with Gasteiger partial charge in [-0.05, 0) is 25.7 Å². The Bertz CT molecular complexity index is 320. The molecule has 122 valence electrons. The van der Waals surface area contributed by atoms with Crippen molar-refractivity contribution in [2.45, 2.75) is 95.8 Å². The summed E-state index contributed by atoms with van der Waals surface area (Å²) < 4.78 is 33.2. The first-order chi connectivity index (χ1) is 9.41. The second kappa shape index (κ2) is 15.1. The molecule has 2 unspecified atom stereocenters. The van der Waals surface area contributed by atoms with Crippen molar-refractivity contribution in [3.63, 3.8) is 0 Å². The summed E-state index contributed by atoms with van der Waals surface area (Å²) in [6, 6.07) is 0.